The SMILES string of the molecule is CC/C(=N\NC(=O)Cc1ccc(Br)cc1)c1ccco1. The average Bonchev–Trinajstić information content (AvgIpc) is 2.96. The van der Waals surface area contributed by atoms with Crippen molar-refractivity contribution < 1.29 is 9.21 Å². The van der Waals surface area contributed by atoms with Gasteiger partial charge >= 0.3 is 0 Å². The molecule has 104 valence electrons. The Morgan fingerprint density at radius 2 is 2.05 bits per heavy atom. The molecule has 0 unspecified atom stereocenters. The Balaban J connectivity index is 1.95. The summed E-state index contributed by atoms with van der Waals surface area (Å²) in [6.45, 7) is 1.96. The summed E-state index contributed by atoms with van der Waals surface area (Å²) < 4.78 is 6.25. The van der Waals surface area contributed by atoms with Gasteiger partial charge in [0.2, 0.25) is 5.91 Å². The Morgan fingerprint density at radius 1 is 1.30 bits per heavy atom. The molecule has 0 aliphatic rings. The van der Waals surface area contributed by atoms with Gasteiger partial charge < -0.3 is 4.42 Å². The standard InChI is InChI=1S/C15H15BrN2O2/c1-2-13(14-4-3-9-20-14)17-18-15(19)10-11-5-7-12(16)8-6-11/h3-9H,2,10H2,1H3,(H,18,19)/b17-13+. The van der Waals surface area contributed by atoms with Crippen LogP contribution in [0.5, 0.6) is 0 Å². The number of rotatable bonds is 5. The summed E-state index contributed by atoms with van der Waals surface area (Å²) in [4.78, 5) is 11.8. The lowest BCUT2D eigenvalue weighted by molar-refractivity contribution is -0.120. The van der Waals surface area contributed by atoms with Crippen molar-refractivity contribution >= 4 is 27.5 Å². The maximum atomic E-state index is 11.8. The molecule has 1 N–H and O–H groups in total. The van der Waals surface area contributed by atoms with Crippen molar-refractivity contribution in [1.82, 2.24) is 5.43 Å². The highest BCUT2D eigenvalue weighted by molar-refractivity contribution is 9.10. The van der Waals surface area contributed by atoms with Crippen LogP contribution in [0, 0.1) is 0 Å². The second kappa shape index (κ2) is 7.05. The molecule has 0 radical (unpaired) electrons. The van der Waals surface area contributed by atoms with Crippen molar-refractivity contribution in [3.63, 3.8) is 0 Å². The highest BCUT2D eigenvalue weighted by Crippen LogP contribution is 2.11. The smallest absolute Gasteiger partial charge is 0.244 e. The molecule has 0 fully saturated rings. The maximum Gasteiger partial charge on any atom is 0.244 e. The van der Waals surface area contributed by atoms with E-state index >= 15 is 0 Å². The molecule has 2 aromatic rings. The van der Waals surface area contributed by atoms with Gasteiger partial charge in [-0.1, -0.05) is 35.0 Å². The summed E-state index contributed by atoms with van der Waals surface area (Å²) in [5.41, 5.74) is 4.23. The van der Waals surface area contributed by atoms with E-state index in [1.165, 1.54) is 0 Å². The van der Waals surface area contributed by atoms with Crippen LogP contribution in [0.2, 0.25) is 0 Å². The molecule has 1 aromatic heterocycles. The molecule has 2 rings (SSSR count). The van der Waals surface area contributed by atoms with E-state index in [1.54, 1.807) is 12.3 Å². The average molecular weight is 335 g/mol. The van der Waals surface area contributed by atoms with Gasteiger partial charge in [-0.3, -0.25) is 4.79 Å². The molecule has 0 bridgehead atoms. The van der Waals surface area contributed by atoms with Crippen LogP contribution in [0.3, 0.4) is 0 Å². The van der Waals surface area contributed by atoms with Crippen LogP contribution in [-0.4, -0.2) is 11.6 Å². The zero-order chi connectivity index (χ0) is 14.4. The minimum absolute atomic E-state index is 0.148. The van der Waals surface area contributed by atoms with Crippen molar-refractivity contribution in [2.45, 2.75) is 19.8 Å². The van der Waals surface area contributed by atoms with E-state index in [-0.39, 0.29) is 5.91 Å². The van der Waals surface area contributed by atoms with E-state index in [0.29, 0.717) is 18.6 Å². The van der Waals surface area contributed by atoms with Gasteiger partial charge in [0.05, 0.1) is 12.7 Å². The van der Waals surface area contributed by atoms with Gasteiger partial charge in [0.25, 0.3) is 0 Å². The predicted octanol–water partition coefficient (Wildman–Crippen LogP) is 3.52. The Bertz CT molecular complexity index is 589. The summed E-state index contributed by atoms with van der Waals surface area (Å²) >= 11 is 3.36. The molecule has 20 heavy (non-hydrogen) atoms. The van der Waals surface area contributed by atoms with Crippen LogP contribution in [0.15, 0.2) is 56.7 Å². The van der Waals surface area contributed by atoms with E-state index in [1.807, 2.05) is 37.3 Å². The molecule has 1 heterocycles. The third-order valence-corrected chi connectivity index (χ3v) is 3.26. The monoisotopic (exact) mass is 334 g/mol. The summed E-state index contributed by atoms with van der Waals surface area (Å²) in [6.07, 6.45) is 2.57. The third-order valence-electron chi connectivity index (χ3n) is 2.73. The normalized spacial score (nSPS) is 11.4. The van der Waals surface area contributed by atoms with E-state index < -0.39 is 0 Å². The van der Waals surface area contributed by atoms with Crippen LogP contribution >= 0.6 is 15.9 Å². The van der Waals surface area contributed by atoms with Crippen molar-refractivity contribution in [1.29, 1.82) is 0 Å². The number of hydrogen-bond donors (Lipinski definition) is 1. The van der Waals surface area contributed by atoms with E-state index in [4.69, 9.17) is 4.42 Å². The molecule has 0 aliphatic carbocycles. The molecular formula is C15H15BrN2O2. The quantitative estimate of drug-likeness (QED) is 0.671. The maximum absolute atomic E-state index is 11.8. The first-order valence-electron chi connectivity index (χ1n) is 6.32. The fraction of sp³-hybridized carbons (Fsp3) is 0.200. The molecule has 0 spiro atoms. The van der Waals surface area contributed by atoms with Crippen LogP contribution < -0.4 is 5.43 Å². The number of hydrazone groups is 1. The van der Waals surface area contributed by atoms with Crippen molar-refractivity contribution in [3.8, 4) is 0 Å². The van der Waals surface area contributed by atoms with Crippen molar-refractivity contribution in [2.24, 2.45) is 5.10 Å². The second-order valence-electron chi connectivity index (χ2n) is 4.23. The third kappa shape index (κ3) is 4.06. The van der Waals surface area contributed by atoms with Crippen molar-refractivity contribution in [3.05, 3.63) is 58.5 Å². The van der Waals surface area contributed by atoms with E-state index in [0.717, 1.165) is 15.7 Å². The van der Waals surface area contributed by atoms with E-state index in [9.17, 15) is 4.79 Å². The Labute approximate surface area is 126 Å². The number of carbonyl (C=O) groups is 1. The number of carbonyl (C=O) groups excluding carboxylic acids is 1. The molecule has 0 aliphatic heterocycles. The molecular weight excluding hydrogens is 320 g/mol. The highest BCUT2D eigenvalue weighted by Gasteiger charge is 2.06. The largest absolute Gasteiger partial charge is 0.463 e. The second-order valence-corrected chi connectivity index (χ2v) is 5.14. The number of halogens is 1. The number of amides is 1. The number of nitrogens with zero attached hydrogens (tertiary/aromatic N) is 1. The minimum atomic E-state index is -0.148. The summed E-state index contributed by atoms with van der Waals surface area (Å²) in [7, 11) is 0. The molecule has 4 nitrogen and oxygen atoms in total. The van der Waals surface area contributed by atoms with Crippen LogP contribution in [0.25, 0.3) is 0 Å². The fourth-order valence-corrected chi connectivity index (χ4v) is 1.97. The van der Waals surface area contributed by atoms with Gasteiger partial charge in [-0.25, -0.2) is 5.43 Å². The van der Waals surface area contributed by atoms with Crippen LogP contribution in [0.1, 0.15) is 24.7 Å². The zero-order valence-corrected chi connectivity index (χ0v) is 12.7. The summed E-state index contributed by atoms with van der Waals surface area (Å²) in [5, 5.41) is 4.11. The fourth-order valence-electron chi connectivity index (χ4n) is 1.71. The van der Waals surface area contributed by atoms with Gasteiger partial charge in [-0.05, 0) is 36.2 Å². The lowest BCUT2D eigenvalue weighted by Gasteiger charge is -2.03. The zero-order valence-electron chi connectivity index (χ0n) is 11.1. The van der Waals surface area contributed by atoms with E-state index in [2.05, 4.69) is 26.5 Å². The first-order chi connectivity index (χ1) is 9.69. The number of benzene rings is 1. The van der Waals surface area contributed by atoms with Gasteiger partial charge in [0, 0.05) is 4.47 Å². The molecule has 1 amide bonds. The lowest BCUT2D eigenvalue weighted by atomic mass is 10.1. The minimum Gasteiger partial charge on any atom is -0.463 e. The van der Waals surface area contributed by atoms with Gasteiger partial charge in [-0.15, -0.1) is 0 Å². The van der Waals surface area contributed by atoms with Crippen LogP contribution in [0.4, 0.5) is 0 Å². The van der Waals surface area contributed by atoms with Crippen LogP contribution in [-0.2, 0) is 11.2 Å². The topological polar surface area (TPSA) is 54.6 Å². The Kier molecular flexibility index (Phi) is 5.12. The first-order valence-corrected chi connectivity index (χ1v) is 7.12. The lowest BCUT2D eigenvalue weighted by Crippen LogP contribution is -2.21. The molecule has 0 saturated carbocycles. The number of hydrogen-bond acceptors (Lipinski definition) is 3. The Morgan fingerprint density at radius 3 is 2.65 bits per heavy atom. The highest BCUT2D eigenvalue weighted by atomic mass is 79.9. The van der Waals surface area contributed by atoms with Gasteiger partial charge in [-0.2, -0.15) is 5.10 Å². The van der Waals surface area contributed by atoms with Gasteiger partial charge in [0.1, 0.15) is 11.5 Å². The summed E-state index contributed by atoms with van der Waals surface area (Å²) in [5.74, 6) is 0.529. The molecule has 1 aromatic carbocycles. The molecule has 0 saturated heterocycles. The molecule has 0 atom stereocenters. The summed E-state index contributed by atoms with van der Waals surface area (Å²) in [6, 6.07) is 11.2. The Hall–Kier alpha value is -1.88. The number of furan rings is 1. The van der Waals surface area contributed by atoms with Gasteiger partial charge in [0.15, 0.2) is 0 Å². The number of nitrogens with one attached hydrogen (secondary N) is 1. The molecule has 5 heteroatoms. The van der Waals surface area contributed by atoms with Crippen molar-refractivity contribution in [2.75, 3.05) is 0 Å². The predicted molar refractivity (Wildman–Crippen MR) is 81.5 cm³/mol. The first kappa shape index (κ1) is 14.5.